The second-order valence-corrected chi connectivity index (χ2v) is 6.61. The summed E-state index contributed by atoms with van der Waals surface area (Å²) in [4.78, 5) is 0. The van der Waals surface area contributed by atoms with Crippen molar-refractivity contribution in [2.45, 2.75) is 52.4 Å². The Kier molecular flexibility index (Phi) is 5.23. The van der Waals surface area contributed by atoms with Crippen molar-refractivity contribution in [1.82, 2.24) is 0 Å². The molecule has 0 heterocycles. The number of phenolic OH excluding ortho intramolecular Hbond substituents is 1. The van der Waals surface area contributed by atoms with E-state index in [9.17, 15) is 5.11 Å². The first-order valence-electron chi connectivity index (χ1n) is 5.96. The van der Waals surface area contributed by atoms with E-state index in [1.54, 1.807) is 0 Å². The van der Waals surface area contributed by atoms with E-state index < -0.39 is 0 Å². The fraction of sp³-hybridized carbons (Fsp3) is 0.533. The van der Waals surface area contributed by atoms with Crippen LogP contribution in [0.5, 0.6) is 5.75 Å². The smallest absolute Gasteiger partial charge is 0.128 e. The average Bonchev–Trinajstić information content (AvgIpc) is 2.14. The van der Waals surface area contributed by atoms with Gasteiger partial charge in [-0.2, -0.15) is 0 Å². The minimum Gasteiger partial charge on any atom is -0.507 e. The van der Waals surface area contributed by atoms with Crippen molar-refractivity contribution in [2.75, 3.05) is 0 Å². The first-order chi connectivity index (χ1) is 7.57. The van der Waals surface area contributed by atoms with Gasteiger partial charge in [0.05, 0.1) is 0 Å². The lowest BCUT2D eigenvalue weighted by atomic mass is 9.79. The number of hydrogen-bond donors (Lipinski definition) is 2. The zero-order valence-corrected chi connectivity index (χ0v) is 13.4. The van der Waals surface area contributed by atoms with Crippen LogP contribution in [0.15, 0.2) is 12.1 Å². The first kappa shape index (κ1) is 17.2. The maximum Gasteiger partial charge on any atom is 0.128 e. The number of rotatable bonds is 1. The van der Waals surface area contributed by atoms with Crippen LogP contribution in [-0.4, -0.2) is 28.7 Å². The molecule has 1 aromatic carbocycles. The fourth-order valence-electron chi connectivity index (χ4n) is 1.77. The van der Waals surface area contributed by atoms with Gasteiger partial charge >= 0.3 is 0 Å². The summed E-state index contributed by atoms with van der Waals surface area (Å²) in [6.07, 6.45) is 1.22. The molecule has 0 atom stereocenters. The Morgan fingerprint density at radius 3 is 1.83 bits per heavy atom. The van der Waals surface area contributed by atoms with Gasteiger partial charge in [0.15, 0.2) is 0 Å². The Hall–Kier alpha value is -0.778. The molecule has 0 bridgehead atoms. The Morgan fingerprint density at radius 2 is 1.50 bits per heavy atom. The lowest BCUT2D eigenvalue weighted by Gasteiger charge is -2.26. The van der Waals surface area contributed by atoms with E-state index in [0.29, 0.717) is 5.56 Å². The van der Waals surface area contributed by atoms with Crippen molar-refractivity contribution in [3.8, 4) is 5.75 Å². The number of aromatic hydroxyl groups is 1. The minimum absolute atomic E-state index is 0. The van der Waals surface area contributed by atoms with Crippen molar-refractivity contribution in [3.63, 3.8) is 0 Å². The Bertz CT molecular complexity index is 439. The molecule has 3 heteroatoms. The highest BCUT2D eigenvalue weighted by Crippen LogP contribution is 2.36. The minimum atomic E-state index is -0.122. The van der Waals surface area contributed by atoms with Crippen molar-refractivity contribution >= 4 is 23.6 Å². The summed E-state index contributed by atoms with van der Waals surface area (Å²) < 4.78 is 0. The molecular formula is C15H23AlNO. The van der Waals surface area contributed by atoms with Crippen LogP contribution in [0.3, 0.4) is 0 Å². The molecule has 2 N–H and O–H groups in total. The van der Waals surface area contributed by atoms with Crippen LogP contribution in [0, 0.1) is 5.41 Å². The molecular weight excluding hydrogens is 237 g/mol. The third kappa shape index (κ3) is 3.61. The quantitative estimate of drug-likeness (QED) is 0.588. The van der Waals surface area contributed by atoms with Gasteiger partial charge in [0.2, 0.25) is 0 Å². The van der Waals surface area contributed by atoms with Crippen molar-refractivity contribution in [2.24, 2.45) is 0 Å². The summed E-state index contributed by atoms with van der Waals surface area (Å²) in [6.45, 7) is 12.6. The summed E-state index contributed by atoms with van der Waals surface area (Å²) in [5, 5.41) is 17.6. The van der Waals surface area contributed by atoms with E-state index in [2.05, 4.69) is 47.6 Å². The van der Waals surface area contributed by atoms with Crippen LogP contribution < -0.4 is 0 Å². The van der Waals surface area contributed by atoms with Gasteiger partial charge < -0.3 is 10.5 Å². The van der Waals surface area contributed by atoms with Crippen LogP contribution in [-0.2, 0) is 10.8 Å². The lowest BCUT2D eigenvalue weighted by Crippen LogP contribution is -2.17. The lowest BCUT2D eigenvalue weighted by molar-refractivity contribution is 0.444. The zero-order chi connectivity index (χ0) is 13.4. The van der Waals surface area contributed by atoms with E-state index in [4.69, 9.17) is 5.41 Å². The first-order valence-corrected chi connectivity index (χ1v) is 5.96. The molecule has 0 unspecified atom stereocenters. The Morgan fingerprint density at radius 1 is 1.00 bits per heavy atom. The average molecular weight is 260 g/mol. The predicted octanol–water partition coefficient (Wildman–Crippen LogP) is 3.60. The molecule has 0 aliphatic heterocycles. The maximum atomic E-state index is 10.2. The monoisotopic (exact) mass is 260 g/mol. The van der Waals surface area contributed by atoms with Gasteiger partial charge in [0, 0.05) is 34.7 Å². The molecule has 0 fully saturated rings. The van der Waals surface area contributed by atoms with E-state index in [1.165, 1.54) is 6.21 Å². The molecule has 2 nitrogen and oxygen atoms in total. The highest BCUT2D eigenvalue weighted by atomic mass is 27.0. The molecule has 97 valence electrons. The van der Waals surface area contributed by atoms with Gasteiger partial charge in [0.25, 0.3) is 0 Å². The summed E-state index contributed by atoms with van der Waals surface area (Å²) in [5.74, 6) is 0.237. The van der Waals surface area contributed by atoms with Gasteiger partial charge in [-0.15, -0.1) is 0 Å². The number of phenols is 1. The van der Waals surface area contributed by atoms with Gasteiger partial charge in [0.1, 0.15) is 5.75 Å². The van der Waals surface area contributed by atoms with Crippen LogP contribution in [0.2, 0.25) is 0 Å². The zero-order valence-electron chi connectivity index (χ0n) is 12.3. The van der Waals surface area contributed by atoms with Gasteiger partial charge in [-0.3, -0.25) is 0 Å². The summed E-state index contributed by atoms with van der Waals surface area (Å²) >= 11 is 0. The number of hydrogen-bond acceptors (Lipinski definition) is 2. The predicted molar refractivity (Wildman–Crippen MR) is 79.1 cm³/mol. The highest BCUT2D eigenvalue weighted by Gasteiger charge is 2.24. The largest absolute Gasteiger partial charge is 0.507 e. The molecule has 0 aromatic heterocycles. The molecule has 18 heavy (non-hydrogen) atoms. The van der Waals surface area contributed by atoms with E-state index in [1.807, 2.05) is 6.07 Å². The molecule has 3 radical (unpaired) electrons. The molecule has 0 saturated carbocycles. The number of nitrogens with one attached hydrogen (secondary N) is 1. The second-order valence-electron chi connectivity index (χ2n) is 6.61. The van der Waals surface area contributed by atoms with Crippen LogP contribution in [0.4, 0.5) is 0 Å². The normalized spacial score (nSPS) is 11.9. The number of benzene rings is 1. The standard InChI is InChI=1S/C15H23NO.Al/c1-14(2,3)11-7-10(9-16)13(17)12(8-11)15(4,5)6;/h7-9,16-17H,1-6H3;. The van der Waals surface area contributed by atoms with Crippen molar-refractivity contribution in [1.29, 1.82) is 5.41 Å². The fourth-order valence-corrected chi connectivity index (χ4v) is 1.77. The topological polar surface area (TPSA) is 44.1 Å². The molecule has 1 rings (SSSR count). The van der Waals surface area contributed by atoms with E-state index in [-0.39, 0.29) is 33.9 Å². The highest BCUT2D eigenvalue weighted by molar-refractivity contribution is 5.82. The van der Waals surface area contributed by atoms with Crippen molar-refractivity contribution in [3.05, 3.63) is 28.8 Å². The maximum absolute atomic E-state index is 10.2. The Labute approximate surface area is 121 Å². The molecule has 0 aliphatic carbocycles. The molecule has 0 saturated heterocycles. The van der Waals surface area contributed by atoms with E-state index in [0.717, 1.165) is 11.1 Å². The third-order valence-corrected chi connectivity index (χ3v) is 2.97. The molecule has 0 amide bonds. The summed E-state index contributed by atoms with van der Waals surface area (Å²) in [7, 11) is 0. The summed E-state index contributed by atoms with van der Waals surface area (Å²) in [6, 6.07) is 3.96. The van der Waals surface area contributed by atoms with Crippen molar-refractivity contribution < 1.29 is 5.11 Å². The van der Waals surface area contributed by atoms with Gasteiger partial charge in [-0.05, 0) is 22.5 Å². The Balaban J connectivity index is 0.00000289. The second kappa shape index (κ2) is 5.47. The summed E-state index contributed by atoms with van der Waals surface area (Å²) in [5.41, 5.74) is 2.55. The van der Waals surface area contributed by atoms with Crippen LogP contribution in [0.25, 0.3) is 0 Å². The van der Waals surface area contributed by atoms with Gasteiger partial charge in [-0.1, -0.05) is 47.6 Å². The third-order valence-electron chi connectivity index (χ3n) is 2.97. The molecule has 0 spiro atoms. The molecule has 1 aromatic rings. The van der Waals surface area contributed by atoms with Crippen LogP contribution >= 0.6 is 0 Å². The SMILES string of the molecule is CC(C)(C)c1cc(C=N)c(O)c(C(C)(C)C)c1.[Al]. The van der Waals surface area contributed by atoms with E-state index >= 15 is 0 Å². The van der Waals surface area contributed by atoms with Gasteiger partial charge in [-0.25, -0.2) is 0 Å². The molecule has 0 aliphatic rings. The van der Waals surface area contributed by atoms with Crippen LogP contribution in [0.1, 0.15) is 58.2 Å².